The van der Waals surface area contributed by atoms with Crippen LogP contribution in [0.15, 0.2) is 11.8 Å². The minimum Gasteiger partial charge on any atom is -0.460 e. The monoisotopic (exact) mass is 510 g/mol. The Morgan fingerprint density at radius 2 is 1.73 bits per heavy atom. The molecule has 37 heavy (non-hydrogen) atoms. The van der Waals surface area contributed by atoms with Crippen molar-refractivity contribution in [2.24, 2.45) is 34.5 Å². The topological polar surface area (TPSA) is 42.0 Å². The average molecular weight is 511 g/mol. The molecule has 206 valence electrons. The first-order valence-corrected chi connectivity index (χ1v) is 15.2. The van der Waals surface area contributed by atoms with Gasteiger partial charge in [-0.15, -0.1) is 12.8 Å². The van der Waals surface area contributed by atoms with Crippen LogP contribution in [-0.4, -0.2) is 67.3 Å². The van der Waals surface area contributed by atoms with Crippen molar-refractivity contribution in [1.29, 1.82) is 0 Å². The molecule has 8 atom stereocenters. The first-order valence-electron chi connectivity index (χ1n) is 15.2. The lowest BCUT2D eigenvalue weighted by molar-refractivity contribution is -0.164. The Balaban J connectivity index is 0.00000137. The van der Waals surface area contributed by atoms with E-state index in [1.54, 1.807) is 12.6 Å². The second-order valence-electron chi connectivity index (χ2n) is 13.3. The summed E-state index contributed by atoms with van der Waals surface area (Å²) < 4.78 is 11.9. The molecule has 2 heterocycles. The number of carbonyl (C=O) groups excluding carboxylic acids is 1. The van der Waals surface area contributed by atoms with Gasteiger partial charge >= 0.3 is 5.97 Å². The molecule has 0 bridgehead atoms. The largest absolute Gasteiger partial charge is 0.460 e. The van der Waals surface area contributed by atoms with Gasteiger partial charge in [-0.1, -0.05) is 26.3 Å². The lowest BCUT2D eigenvalue weighted by Gasteiger charge is -2.60. The third-order valence-electron chi connectivity index (χ3n) is 11.8. The van der Waals surface area contributed by atoms with Gasteiger partial charge in [0, 0.05) is 37.2 Å². The number of rotatable bonds is 3. The summed E-state index contributed by atoms with van der Waals surface area (Å²) >= 11 is 0. The van der Waals surface area contributed by atoms with Gasteiger partial charge in [0.1, 0.15) is 6.10 Å². The lowest BCUT2D eigenvalue weighted by atomic mass is 9.45. The Morgan fingerprint density at radius 1 is 1.00 bits per heavy atom. The molecule has 0 N–H and O–H groups in total. The molecule has 2 saturated heterocycles. The molecule has 6 rings (SSSR count). The van der Waals surface area contributed by atoms with E-state index in [1.807, 2.05) is 0 Å². The Kier molecular flexibility index (Phi) is 8.00. The average Bonchev–Trinajstić information content (AvgIpc) is 3.22. The zero-order chi connectivity index (χ0) is 26.2. The first kappa shape index (κ1) is 27.1. The number of allylic oxidation sites excluding steroid dienone is 2. The number of carbonyl (C=O) groups is 1. The van der Waals surface area contributed by atoms with E-state index >= 15 is 0 Å². The Labute approximate surface area is 225 Å². The van der Waals surface area contributed by atoms with Gasteiger partial charge in [-0.3, -0.25) is 9.69 Å². The number of likely N-dealkylation sites (tertiary alicyclic amines) is 1. The fourth-order valence-corrected chi connectivity index (χ4v) is 9.98. The van der Waals surface area contributed by atoms with Crippen LogP contribution in [0.4, 0.5) is 0 Å². The smallest absolute Gasteiger partial charge is 0.302 e. The zero-order valence-corrected chi connectivity index (χ0v) is 23.6. The van der Waals surface area contributed by atoms with Crippen LogP contribution in [0.1, 0.15) is 85.0 Å². The summed E-state index contributed by atoms with van der Waals surface area (Å²) in [5, 5.41) is 0. The van der Waals surface area contributed by atoms with E-state index in [0.29, 0.717) is 17.4 Å². The Morgan fingerprint density at radius 3 is 2.43 bits per heavy atom. The van der Waals surface area contributed by atoms with Crippen LogP contribution in [0.2, 0.25) is 0 Å². The van der Waals surface area contributed by atoms with Gasteiger partial charge in [0.2, 0.25) is 0 Å². The van der Waals surface area contributed by atoms with Crippen LogP contribution in [0.3, 0.4) is 0 Å². The number of nitrogens with zero attached hydrogens (tertiary/aromatic N) is 2. The van der Waals surface area contributed by atoms with Gasteiger partial charge in [-0.05, 0) is 100.0 Å². The molecule has 4 aliphatic carbocycles. The number of hydrogen-bond donors (Lipinski definition) is 0. The maximum Gasteiger partial charge on any atom is 0.302 e. The highest BCUT2D eigenvalue weighted by Crippen LogP contribution is 2.67. The van der Waals surface area contributed by atoms with E-state index in [0.717, 1.165) is 44.1 Å². The number of ether oxygens (including phenoxy) is 2. The highest BCUT2D eigenvalue weighted by atomic mass is 16.5. The number of fused-ring (bicyclic) bond motifs is 5. The van der Waals surface area contributed by atoms with Crippen molar-refractivity contribution in [3.8, 4) is 12.8 Å². The summed E-state index contributed by atoms with van der Waals surface area (Å²) in [5.74, 6) is 3.03. The molecule has 5 fully saturated rings. The van der Waals surface area contributed by atoms with Gasteiger partial charge in [0.25, 0.3) is 0 Å². The summed E-state index contributed by atoms with van der Waals surface area (Å²) in [6.45, 7) is 13.0. The van der Waals surface area contributed by atoms with Crippen molar-refractivity contribution in [3.63, 3.8) is 0 Å². The fraction of sp³-hybridized carbons (Fsp3) is 0.844. The molecule has 8 unspecified atom stereocenters. The van der Waals surface area contributed by atoms with E-state index in [4.69, 9.17) is 9.47 Å². The number of hydrogen-bond acceptors (Lipinski definition) is 5. The van der Waals surface area contributed by atoms with Crippen LogP contribution < -0.4 is 0 Å². The van der Waals surface area contributed by atoms with Crippen molar-refractivity contribution >= 4 is 5.97 Å². The third-order valence-corrected chi connectivity index (χ3v) is 11.8. The predicted molar refractivity (Wildman–Crippen MR) is 148 cm³/mol. The van der Waals surface area contributed by atoms with Crippen molar-refractivity contribution in [2.45, 2.75) is 97.1 Å². The van der Waals surface area contributed by atoms with E-state index in [-0.39, 0.29) is 17.5 Å². The second kappa shape index (κ2) is 10.9. The zero-order valence-electron chi connectivity index (χ0n) is 23.6. The predicted octanol–water partition coefficient (Wildman–Crippen LogP) is 5.50. The van der Waals surface area contributed by atoms with Gasteiger partial charge in [0.05, 0.1) is 13.2 Å². The molecular formula is C32H50N2O3. The quantitative estimate of drug-likeness (QED) is 0.370. The number of esters is 1. The minimum atomic E-state index is -0.0794. The lowest BCUT2D eigenvalue weighted by Crippen LogP contribution is -2.55. The molecule has 6 aliphatic rings. The van der Waals surface area contributed by atoms with E-state index in [2.05, 4.69) is 42.6 Å². The molecule has 0 amide bonds. The van der Waals surface area contributed by atoms with Gasteiger partial charge in [-0.2, -0.15) is 0 Å². The van der Waals surface area contributed by atoms with Gasteiger partial charge in [0.15, 0.2) is 0 Å². The van der Waals surface area contributed by atoms with Crippen molar-refractivity contribution in [2.75, 3.05) is 39.4 Å². The summed E-state index contributed by atoms with van der Waals surface area (Å²) in [4.78, 5) is 17.6. The maximum atomic E-state index is 12.3. The highest BCUT2D eigenvalue weighted by Gasteiger charge is 2.64. The molecule has 0 spiro atoms. The molecule has 0 radical (unpaired) electrons. The molecule has 3 saturated carbocycles. The molecule has 5 nitrogen and oxygen atoms in total. The summed E-state index contributed by atoms with van der Waals surface area (Å²) in [7, 11) is 0. The van der Waals surface area contributed by atoms with Crippen molar-refractivity contribution in [1.82, 2.24) is 9.80 Å². The SMILES string of the molecule is C#C.CC(=O)OC1C(N2CCCCC2)CC2C3CCC4CC=C(N5CCOCC5)CC4(C)C3CCC21C. The maximum absolute atomic E-state index is 12.3. The fourth-order valence-electron chi connectivity index (χ4n) is 9.98. The summed E-state index contributed by atoms with van der Waals surface area (Å²) in [6, 6.07) is 0.425. The van der Waals surface area contributed by atoms with Crippen LogP contribution in [0.5, 0.6) is 0 Å². The van der Waals surface area contributed by atoms with Crippen LogP contribution in [0.25, 0.3) is 0 Å². The number of morpholine rings is 1. The second-order valence-corrected chi connectivity index (χ2v) is 13.3. The molecule has 0 aromatic rings. The van der Waals surface area contributed by atoms with Crippen molar-refractivity contribution < 1.29 is 14.3 Å². The van der Waals surface area contributed by atoms with E-state index < -0.39 is 0 Å². The Hall–Kier alpha value is -1.51. The van der Waals surface area contributed by atoms with Crippen molar-refractivity contribution in [3.05, 3.63) is 11.8 Å². The van der Waals surface area contributed by atoms with Gasteiger partial charge < -0.3 is 14.4 Å². The van der Waals surface area contributed by atoms with E-state index in [9.17, 15) is 4.79 Å². The van der Waals surface area contributed by atoms with Crippen LogP contribution in [0, 0.1) is 47.3 Å². The molecule has 5 heteroatoms. The first-order chi connectivity index (χ1) is 17.9. The minimum absolute atomic E-state index is 0.0738. The summed E-state index contributed by atoms with van der Waals surface area (Å²) in [5.41, 5.74) is 2.15. The normalized spacial score (nSPS) is 43.8. The standard InChI is InChI=1S/C30H48N2O3.C2H2/c1-21(33)35-28-27(32-13-5-4-6-14-32)19-26-24-10-8-22-7-9-23(31-15-17-34-18-16-31)20-30(22,3)25(24)11-12-29(26,28)2;1-2/h9,22,24-28H,4-8,10-20H2,1-3H3;1-2H. The van der Waals surface area contributed by atoms with Gasteiger partial charge in [-0.25, -0.2) is 0 Å². The number of terminal acetylenes is 1. The number of piperidine rings is 1. The summed E-state index contributed by atoms with van der Waals surface area (Å²) in [6.07, 6.45) is 23.7. The molecular weight excluding hydrogens is 460 g/mol. The molecule has 0 aromatic heterocycles. The Bertz CT molecular complexity index is 873. The van der Waals surface area contributed by atoms with E-state index in [1.165, 1.54) is 77.3 Å². The molecule has 0 aromatic carbocycles. The molecule has 2 aliphatic heterocycles. The van der Waals surface area contributed by atoms with Crippen LogP contribution >= 0.6 is 0 Å². The van der Waals surface area contributed by atoms with Crippen LogP contribution in [-0.2, 0) is 14.3 Å². The third kappa shape index (κ3) is 4.76. The highest BCUT2D eigenvalue weighted by molar-refractivity contribution is 5.66.